The molecule has 2 rings (SSSR count). The minimum absolute atomic E-state index is 0.0149. The van der Waals surface area contributed by atoms with E-state index >= 15 is 0 Å². The van der Waals surface area contributed by atoms with Crippen molar-refractivity contribution in [3.8, 4) is 23.1 Å². The fourth-order valence-electron chi connectivity index (χ4n) is 2.87. The molecule has 1 aromatic heterocycles. The maximum absolute atomic E-state index is 12.9. The highest BCUT2D eigenvalue weighted by molar-refractivity contribution is 6.36. The fraction of sp³-hybridized carbons (Fsp3) is 0.450. The van der Waals surface area contributed by atoms with E-state index in [1.807, 2.05) is 6.07 Å². The number of hydrogen-bond acceptors (Lipinski definition) is 5. The minimum atomic E-state index is -4.31. The third-order valence-corrected chi connectivity index (χ3v) is 4.78. The molecule has 0 spiro atoms. The number of methoxy groups -OCH3 is 1. The summed E-state index contributed by atoms with van der Waals surface area (Å²) in [5.41, 5.74) is 1.09. The lowest BCUT2D eigenvalue weighted by molar-refractivity contribution is -0.169. The molecule has 0 fully saturated rings. The largest absolute Gasteiger partial charge is 0.496 e. The predicted molar refractivity (Wildman–Crippen MR) is 104 cm³/mol. The molecule has 0 radical (unpaired) electrons. The first-order valence-corrected chi connectivity index (χ1v) is 9.56. The highest BCUT2D eigenvalue weighted by atomic mass is 35.5. The molecule has 1 heterocycles. The number of carbonyl (C=O) groups is 1. The maximum atomic E-state index is 12.9. The molecule has 2 aromatic rings. The average Bonchev–Trinajstić information content (AvgIpc) is 3.01. The van der Waals surface area contributed by atoms with Gasteiger partial charge < -0.3 is 9.47 Å². The Balaban J connectivity index is 2.53. The molecule has 10 heteroatoms. The monoisotopic (exact) mass is 443 g/mol. The molecule has 162 valence electrons. The molecule has 0 saturated carbocycles. The van der Waals surface area contributed by atoms with E-state index < -0.39 is 18.1 Å². The third-order valence-electron chi connectivity index (χ3n) is 4.42. The second-order valence-electron chi connectivity index (χ2n) is 6.54. The van der Waals surface area contributed by atoms with E-state index in [0.29, 0.717) is 16.8 Å². The first kappa shape index (κ1) is 23.5. The summed E-state index contributed by atoms with van der Waals surface area (Å²) in [6, 6.07) is 6.60. The Morgan fingerprint density at radius 1 is 1.40 bits per heavy atom. The number of hydrogen-bond donors (Lipinski definition) is 0. The van der Waals surface area contributed by atoms with Crippen LogP contribution >= 0.6 is 11.6 Å². The lowest BCUT2D eigenvalue weighted by atomic mass is 9.98. The fourth-order valence-corrected chi connectivity index (χ4v) is 3.19. The highest BCUT2D eigenvalue weighted by Gasteiger charge is 2.36. The summed E-state index contributed by atoms with van der Waals surface area (Å²) in [6.07, 6.45) is -4.41. The van der Waals surface area contributed by atoms with Crippen LogP contribution in [-0.2, 0) is 17.7 Å². The molecule has 1 aromatic carbocycles. The Hall–Kier alpha value is -2.73. The topological polar surface area (TPSA) is 77.1 Å². The van der Waals surface area contributed by atoms with E-state index in [4.69, 9.17) is 26.3 Å². The van der Waals surface area contributed by atoms with Crippen molar-refractivity contribution in [2.75, 3.05) is 13.7 Å². The van der Waals surface area contributed by atoms with Crippen LogP contribution in [0.25, 0.3) is 11.3 Å². The Bertz CT molecular complexity index is 951. The zero-order chi connectivity index (χ0) is 22.5. The van der Waals surface area contributed by atoms with Crippen molar-refractivity contribution in [2.45, 2.75) is 39.4 Å². The van der Waals surface area contributed by atoms with Crippen molar-refractivity contribution in [1.29, 1.82) is 5.26 Å². The van der Waals surface area contributed by atoms with Crippen molar-refractivity contribution in [3.05, 3.63) is 34.5 Å². The van der Waals surface area contributed by atoms with Gasteiger partial charge in [-0.2, -0.15) is 23.5 Å². The van der Waals surface area contributed by atoms with Crippen LogP contribution in [0.4, 0.5) is 13.2 Å². The molecule has 0 aliphatic rings. The molecule has 0 N–H and O–H groups in total. The van der Waals surface area contributed by atoms with Crippen LogP contribution in [0.3, 0.4) is 0 Å². The molecular weight excluding hydrogens is 423 g/mol. The summed E-state index contributed by atoms with van der Waals surface area (Å²) in [5.74, 6) is -1.96. The van der Waals surface area contributed by atoms with Gasteiger partial charge in [0.2, 0.25) is 0 Å². The molecular formula is C20H21ClF3N3O3. The number of aromatic nitrogens is 2. The van der Waals surface area contributed by atoms with Crippen LogP contribution < -0.4 is 4.74 Å². The van der Waals surface area contributed by atoms with E-state index in [1.54, 1.807) is 19.1 Å². The zero-order valence-corrected chi connectivity index (χ0v) is 17.5. The number of ether oxygens (including phenoxy) is 2. The van der Waals surface area contributed by atoms with Crippen molar-refractivity contribution in [2.24, 2.45) is 5.92 Å². The number of halogens is 4. The second-order valence-corrected chi connectivity index (χ2v) is 6.92. The summed E-state index contributed by atoms with van der Waals surface area (Å²) >= 11 is 6.42. The van der Waals surface area contributed by atoms with Crippen molar-refractivity contribution < 1.29 is 27.4 Å². The van der Waals surface area contributed by atoms with Crippen LogP contribution in [0.1, 0.15) is 36.3 Å². The van der Waals surface area contributed by atoms with Gasteiger partial charge in [0.05, 0.1) is 44.4 Å². The van der Waals surface area contributed by atoms with Crippen molar-refractivity contribution in [3.63, 3.8) is 0 Å². The number of rotatable bonds is 8. The summed E-state index contributed by atoms with van der Waals surface area (Å²) in [6.45, 7) is 3.04. The molecule has 30 heavy (non-hydrogen) atoms. The van der Waals surface area contributed by atoms with Crippen molar-refractivity contribution >= 4 is 17.6 Å². The number of alkyl halides is 3. The maximum Gasteiger partial charge on any atom is 0.391 e. The van der Waals surface area contributed by atoms with Gasteiger partial charge in [-0.3, -0.25) is 4.68 Å². The van der Waals surface area contributed by atoms with E-state index in [2.05, 4.69) is 5.10 Å². The SMILES string of the molecule is CCOC(=O)c1nn(CCC#N)c(-c2ccc(C[C@@H](C)C(F)(F)F)cc2OC)c1Cl. The molecule has 0 bridgehead atoms. The number of nitrogens with zero attached hydrogens (tertiary/aromatic N) is 3. The van der Waals surface area contributed by atoms with E-state index in [9.17, 15) is 18.0 Å². The van der Waals surface area contributed by atoms with Gasteiger partial charge in [0.25, 0.3) is 0 Å². The molecule has 6 nitrogen and oxygen atoms in total. The van der Waals surface area contributed by atoms with Gasteiger partial charge in [0, 0.05) is 5.56 Å². The lowest BCUT2D eigenvalue weighted by Gasteiger charge is -2.17. The van der Waals surface area contributed by atoms with Crippen LogP contribution in [0.15, 0.2) is 18.2 Å². The molecule has 0 aliphatic carbocycles. The van der Waals surface area contributed by atoms with Gasteiger partial charge in [-0.1, -0.05) is 24.6 Å². The van der Waals surface area contributed by atoms with E-state index in [1.165, 1.54) is 17.9 Å². The van der Waals surface area contributed by atoms with E-state index in [-0.39, 0.29) is 42.5 Å². The molecule has 0 unspecified atom stereocenters. The summed E-state index contributed by atoms with van der Waals surface area (Å²) in [5, 5.41) is 13.1. The minimum Gasteiger partial charge on any atom is -0.496 e. The first-order chi connectivity index (χ1) is 14.1. The highest BCUT2D eigenvalue weighted by Crippen LogP contribution is 2.38. The third kappa shape index (κ3) is 5.25. The average molecular weight is 444 g/mol. The number of esters is 1. The number of carbonyl (C=O) groups excluding carboxylic acids is 1. The number of benzene rings is 1. The van der Waals surface area contributed by atoms with E-state index in [0.717, 1.165) is 6.92 Å². The Kier molecular flexibility index (Phi) is 7.73. The number of nitriles is 1. The van der Waals surface area contributed by atoms with Gasteiger partial charge in [-0.25, -0.2) is 4.79 Å². The molecule has 0 amide bonds. The van der Waals surface area contributed by atoms with Crippen molar-refractivity contribution in [1.82, 2.24) is 9.78 Å². The Morgan fingerprint density at radius 3 is 2.67 bits per heavy atom. The Morgan fingerprint density at radius 2 is 2.10 bits per heavy atom. The van der Waals surface area contributed by atoms with Crippen LogP contribution in [0, 0.1) is 17.2 Å². The molecule has 0 saturated heterocycles. The van der Waals surface area contributed by atoms with Crippen LogP contribution in [0.2, 0.25) is 5.02 Å². The predicted octanol–water partition coefficient (Wildman–Crippen LogP) is 5.04. The van der Waals surface area contributed by atoms with Gasteiger partial charge in [0.15, 0.2) is 5.69 Å². The normalized spacial score (nSPS) is 12.3. The lowest BCUT2D eigenvalue weighted by Crippen LogP contribution is -2.21. The zero-order valence-electron chi connectivity index (χ0n) is 16.7. The standard InChI is InChI=1S/C20H21ClF3N3O3/c1-4-30-19(28)17-16(21)18(27(26-17)9-5-8-25)14-7-6-13(11-15(14)29-3)10-12(2)20(22,23)24/h6-7,11-12H,4-5,9-10H2,1-3H3/t12-/m1/s1. The van der Waals surface area contributed by atoms with Gasteiger partial charge >= 0.3 is 12.1 Å². The summed E-state index contributed by atoms with van der Waals surface area (Å²) in [7, 11) is 1.38. The van der Waals surface area contributed by atoms with Crippen LogP contribution in [-0.4, -0.2) is 35.6 Å². The number of aryl methyl sites for hydroxylation is 1. The molecule has 1 atom stereocenters. The van der Waals surface area contributed by atoms with Gasteiger partial charge in [-0.05, 0) is 31.0 Å². The molecule has 0 aliphatic heterocycles. The second kappa shape index (κ2) is 9.85. The first-order valence-electron chi connectivity index (χ1n) is 9.18. The summed E-state index contributed by atoms with van der Waals surface area (Å²) in [4.78, 5) is 12.2. The Labute approximate surface area is 177 Å². The van der Waals surface area contributed by atoms with Gasteiger partial charge in [0.1, 0.15) is 10.8 Å². The van der Waals surface area contributed by atoms with Gasteiger partial charge in [-0.15, -0.1) is 0 Å². The quantitative estimate of drug-likeness (QED) is 0.534. The summed E-state index contributed by atoms with van der Waals surface area (Å²) < 4.78 is 50.4. The smallest absolute Gasteiger partial charge is 0.391 e. The van der Waals surface area contributed by atoms with Crippen LogP contribution in [0.5, 0.6) is 5.75 Å².